The van der Waals surface area contributed by atoms with Crippen LogP contribution in [0.15, 0.2) is 30.3 Å². The van der Waals surface area contributed by atoms with Crippen LogP contribution in [0.2, 0.25) is 0 Å². The van der Waals surface area contributed by atoms with Crippen molar-refractivity contribution in [2.45, 2.75) is 5.92 Å². The molecule has 1 aromatic rings. The van der Waals surface area contributed by atoms with E-state index in [1.165, 1.54) is 7.11 Å². The summed E-state index contributed by atoms with van der Waals surface area (Å²) in [5.41, 5.74) is 6.98. The first-order valence-electron chi connectivity index (χ1n) is 7.69. The van der Waals surface area contributed by atoms with Gasteiger partial charge in [-0.2, -0.15) is 0 Å². The van der Waals surface area contributed by atoms with Gasteiger partial charge in [-0.3, -0.25) is 4.79 Å². The summed E-state index contributed by atoms with van der Waals surface area (Å²) >= 11 is 0. The van der Waals surface area contributed by atoms with Crippen LogP contribution < -0.4 is 5.73 Å². The van der Waals surface area contributed by atoms with Crippen LogP contribution in [-0.2, 0) is 19.4 Å². The van der Waals surface area contributed by atoms with Crippen molar-refractivity contribution in [1.29, 1.82) is 0 Å². The lowest BCUT2D eigenvalue weighted by Crippen LogP contribution is -2.35. The zero-order chi connectivity index (χ0) is 16.9. The Bertz CT molecular complexity index is 624. The van der Waals surface area contributed by atoms with Crippen LogP contribution in [0.5, 0.6) is 0 Å². The molecule has 1 aromatic carbocycles. The number of carbonyl (C=O) groups excluding carboxylic acids is 1. The van der Waals surface area contributed by atoms with E-state index in [1.54, 1.807) is 4.90 Å². The minimum Gasteiger partial charge on any atom is -0.384 e. The third kappa shape index (κ3) is 5.44. The molecule has 2 rings (SSSR count). The fourth-order valence-electron chi connectivity index (χ4n) is 2.95. The van der Waals surface area contributed by atoms with Crippen LogP contribution in [-0.4, -0.2) is 64.1 Å². The summed E-state index contributed by atoms with van der Waals surface area (Å²) < 4.78 is 28.6. The lowest BCUT2D eigenvalue weighted by Gasteiger charge is -2.17. The third-order valence-electron chi connectivity index (χ3n) is 4.27. The van der Waals surface area contributed by atoms with Gasteiger partial charge in [-0.25, -0.2) is 8.42 Å². The Morgan fingerprint density at radius 2 is 1.96 bits per heavy atom. The van der Waals surface area contributed by atoms with Gasteiger partial charge in [-0.15, -0.1) is 12.4 Å². The van der Waals surface area contributed by atoms with Crippen molar-refractivity contribution in [3.63, 3.8) is 0 Å². The molecular weight excluding hydrogens is 352 g/mol. The highest BCUT2D eigenvalue weighted by molar-refractivity contribution is 7.92. The van der Waals surface area contributed by atoms with E-state index in [0.717, 1.165) is 5.56 Å². The molecule has 0 aliphatic carbocycles. The van der Waals surface area contributed by atoms with Gasteiger partial charge in [0.25, 0.3) is 0 Å². The summed E-state index contributed by atoms with van der Waals surface area (Å²) in [6.07, 6.45) is 0. The molecule has 2 atom stereocenters. The fraction of sp³-hybridized carbons (Fsp3) is 0.562. The molecule has 1 aliphatic rings. The number of nitrogens with two attached hydrogens (primary N) is 1. The van der Waals surface area contributed by atoms with Crippen molar-refractivity contribution in [2.75, 3.05) is 44.9 Å². The minimum absolute atomic E-state index is 0. The second-order valence-electron chi connectivity index (χ2n) is 5.90. The number of benzene rings is 1. The summed E-state index contributed by atoms with van der Waals surface area (Å²) in [5, 5.41) is 0. The van der Waals surface area contributed by atoms with Gasteiger partial charge in [0.15, 0.2) is 9.84 Å². The van der Waals surface area contributed by atoms with E-state index >= 15 is 0 Å². The number of likely N-dealkylation sites (tertiary alicyclic amines) is 1. The molecule has 24 heavy (non-hydrogen) atoms. The highest BCUT2D eigenvalue weighted by Gasteiger charge is 2.36. The fourth-order valence-corrected chi connectivity index (χ4v) is 4.08. The second kappa shape index (κ2) is 9.36. The number of halogens is 1. The highest BCUT2D eigenvalue weighted by Crippen LogP contribution is 2.32. The van der Waals surface area contributed by atoms with Crippen molar-refractivity contribution in [1.82, 2.24) is 4.90 Å². The van der Waals surface area contributed by atoms with Gasteiger partial charge < -0.3 is 15.4 Å². The molecule has 0 saturated carbocycles. The number of rotatable bonds is 7. The molecule has 1 aliphatic heterocycles. The van der Waals surface area contributed by atoms with E-state index in [-0.39, 0.29) is 42.5 Å². The normalized spacial score (nSPS) is 20.7. The Labute approximate surface area is 149 Å². The van der Waals surface area contributed by atoms with Crippen molar-refractivity contribution in [3.05, 3.63) is 35.9 Å². The van der Waals surface area contributed by atoms with Crippen LogP contribution in [0.4, 0.5) is 0 Å². The average molecular weight is 377 g/mol. The summed E-state index contributed by atoms with van der Waals surface area (Å²) in [5.74, 6) is -0.631. The summed E-state index contributed by atoms with van der Waals surface area (Å²) in [4.78, 5) is 14.0. The Hall–Kier alpha value is -1.15. The van der Waals surface area contributed by atoms with Crippen molar-refractivity contribution < 1.29 is 17.9 Å². The number of sulfone groups is 1. The maximum absolute atomic E-state index is 12.3. The van der Waals surface area contributed by atoms with Gasteiger partial charge in [0, 0.05) is 26.1 Å². The number of carbonyl (C=O) groups is 1. The summed E-state index contributed by atoms with van der Waals surface area (Å²) in [6, 6.07) is 9.92. The number of hydrogen-bond donors (Lipinski definition) is 1. The summed E-state index contributed by atoms with van der Waals surface area (Å²) in [6.45, 7) is 1.60. The topological polar surface area (TPSA) is 89.7 Å². The zero-order valence-corrected chi connectivity index (χ0v) is 15.4. The molecule has 0 radical (unpaired) electrons. The largest absolute Gasteiger partial charge is 0.384 e. The Morgan fingerprint density at radius 3 is 2.54 bits per heavy atom. The van der Waals surface area contributed by atoms with Crippen LogP contribution in [0.1, 0.15) is 11.5 Å². The standard InChI is InChI=1S/C16H24N2O4S.ClH/c1-22-7-8-23(20,21)12-16(19)18-10-14(9-17)15(11-18)13-5-3-2-4-6-13;/h2-6,14-15H,7-12,17H2,1H3;1H/t14-,15+;/m1./s1. The van der Waals surface area contributed by atoms with Gasteiger partial charge >= 0.3 is 0 Å². The molecule has 1 amide bonds. The van der Waals surface area contributed by atoms with Crippen molar-refractivity contribution in [3.8, 4) is 0 Å². The molecule has 136 valence electrons. The first kappa shape index (κ1) is 20.9. The van der Waals surface area contributed by atoms with Gasteiger partial charge in [-0.05, 0) is 18.0 Å². The second-order valence-corrected chi connectivity index (χ2v) is 8.08. The van der Waals surface area contributed by atoms with Gasteiger partial charge in [0.05, 0.1) is 12.4 Å². The average Bonchev–Trinajstić information content (AvgIpc) is 2.98. The number of amides is 1. The first-order chi connectivity index (χ1) is 11.0. The lowest BCUT2D eigenvalue weighted by atomic mass is 9.89. The Kier molecular flexibility index (Phi) is 8.15. The van der Waals surface area contributed by atoms with Gasteiger partial charge in [-0.1, -0.05) is 30.3 Å². The molecule has 2 N–H and O–H groups in total. The van der Waals surface area contributed by atoms with Crippen LogP contribution in [0.25, 0.3) is 0 Å². The van der Waals surface area contributed by atoms with E-state index in [4.69, 9.17) is 10.5 Å². The van der Waals surface area contributed by atoms with Gasteiger partial charge in [0.1, 0.15) is 5.75 Å². The molecule has 1 heterocycles. The molecular formula is C16H25ClN2O4S. The predicted molar refractivity (Wildman–Crippen MR) is 96.1 cm³/mol. The molecule has 8 heteroatoms. The van der Waals surface area contributed by atoms with E-state index in [1.807, 2.05) is 30.3 Å². The van der Waals surface area contributed by atoms with E-state index in [0.29, 0.717) is 19.6 Å². The third-order valence-corrected chi connectivity index (χ3v) is 5.74. The molecule has 0 unspecified atom stereocenters. The first-order valence-corrected chi connectivity index (χ1v) is 9.51. The number of methoxy groups -OCH3 is 1. The van der Waals surface area contributed by atoms with Crippen LogP contribution >= 0.6 is 12.4 Å². The molecule has 0 spiro atoms. The van der Waals surface area contributed by atoms with Crippen LogP contribution in [0, 0.1) is 5.92 Å². The summed E-state index contributed by atoms with van der Waals surface area (Å²) in [7, 11) is -2.00. The van der Waals surface area contributed by atoms with E-state index in [9.17, 15) is 13.2 Å². The smallest absolute Gasteiger partial charge is 0.237 e. The van der Waals surface area contributed by atoms with Crippen molar-refractivity contribution in [2.24, 2.45) is 11.7 Å². The highest BCUT2D eigenvalue weighted by atomic mass is 35.5. The minimum atomic E-state index is -3.43. The number of ether oxygens (including phenoxy) is 1. The molecule has 0 bridgehead atoms. The molecule has 1 saturated heterocycles. The molecule has 0 aromatic heterocycles. The van der Waals surface area contributed by atoms with E-state index < -0.39 is 15.6 Å². The maximum Gasteiger partial charge on any atom is 0.237 e. The Balaban J connectivity index is 0.00000288. The Morgan fingerprint density at radius 1 is 1.29 bits per heavy atom. The maximum atomic E-state index is 12.3. The molecule has 6 nitrogen and oxygen atoms in total. The predicted octanol–water partition coefficient (Wildman–Crippen LogP) is 0.670. The molecule has 1 fully saturated rings. The van der Waals surface area contributed by atoms with Gasteiger partial charge in [0.2, 0.25) is 5.91 Å². The van der Waals surface area contributed by atoms with Crippen LogP contribution in [0.3, 0.4) is 0 Å². The zero-order valence-electron chi connectivity index (χ0n) is 13.8. The quantitative estimate of drug-likeness (QED) is 0.755. The number of nitrogens with zero attached hydrogens (tertiary/aromatic N) is 1. The SMILES string of the molecule is COCCS(=O)(=O)CC(=O)N1C[C@@H](CN)[C@H](c2ccccc2)C1.Cl. The van der Waals surface area contributed by atoms with Crippen molar-refractivity contribution >= 4 is 28.2 Å². The monoisotopic (exact) mass is 376 g/mol. The number of hydrogen-bond acceptors (Lipinski definition) is 5. The van der Waals surface area contributed by atoms with E-state index in [2.05, 4.69) is 0 Å². The lowest BCUT2D eigenvalue weighted by molar-refractivity contribution is -0.127.